The molecule has 0 radical (unpaired) electrons. The Hall–Kier alpha value is 0.250. The molecule has 2 heterocycles. The fraction of sp³-hybridized carbons (Fsp3) is 0.714. The van der Waals surface area contributed by atoms with E-state index in [4.69, 9.17) is 0 Å². The van der Waals surface area contributed by atoms with Crippen molar-refractivity contribution in [1.82, 2.24) is 14.3 Å². The first-order chi connectivity index (χ1) is 6.74. The van der Waals surface area contributed by atoms with E-state index in [0.29, 0.717) is 17.3 Å². The van der Waals surface area contributed by atoms with Crippen LogP contribution < -0.4 is 5.69 Å². The predicted molar refractivity (Wildman–Crippen MR) is 64.3 cm³/mol. The monoisotopic (exact) mass is 341 g/mol. The molecule has 0 bridgehead atoms. The highest BCUT2D eigenvalue weighted by Gasteiger charge is 2.25. The van der Waals surface area contributed by atoms with Crippen LogP contribution >= 0.6 is 43.6 Å². The lowest BCUT2D eigenvalue weighted by Crippen LogP contribution is -2.34. The van der Waals surface area contributed by atoms with Gasteiger partial charge in [0.1, 0.15) is 0 Å². The highest BCUT2D eigenvalue weighted by atomic mass is 79.9. The molecule has 0 unspecified atom stereocenters. The maximum absolute atomic E-state index is 11.8. The first-order valence-electron chi connectivity index (χ1n) is 4.22. The van der Waals surface area contributed by atoms with E-state index in [1.807, 2.05) is 11.8 Å². The lowest BCUT2D eigenvalue weighted by Gasteiger charge is -2.23. The number of hydrogen-bond acceptors (Lipinski definition) is 3. The van der Waals surface area contributed by atoms with Gasteiger partial charge in [0, 0.05) is 23.4 Å². The van der Waals surface area contributed by atoms with Gasteiger partial charge in [0.15, 0.2) is 0 Å². The highest BCUT2D eigenvalue weighted by Crippen LogP contribution is 2.27. The van der Waals surface area contributed by atoms with Gasteiger partial charge in [0.2, 0.25) is 4.73 Å². The van der Waals surface area contributed by atoms with E-state index in [-0.39, 0.29) is 5.69 Å². The molecule has 0 aliphatic carbocycles. The first kappa shape index (κ1) is 10.8. The van der Waals surface area contributed by atoms with Gasteiger partial charge in [0.05, 0.1) is 6.04 Å². The molecule has 2 rings (SSSR count). The second-order valence-corrected chi connectivity index (χ2v) is 5.61. The summed E-state index contributed by atoms with van der Waals surface area (Å²) in [5, 5.41) is 4.96. The molecule has 1 saturated heterocycles. The number of halogens is 2. The van der Waals surface area contributed by atoms with Gasteiger partial charge in [0.25, 0.3) is 0 Å². The van der Waals surface area contributed by atoms with Crippen molar-refractivity contribution in [3.05, 3.63) is 15.2 Å². The van der Waals surface area contributed by atoms with Crippen LogP contribution in [0.25, 0.3) is 0 Å². The third kappa shape index (κ3) is 1.81. The number of hydrogen-bond donors (Lipinski definition) is 0. The standard InChI is InChI=1S/C7H9Br2N3OS/c8-1-2-11-6(9)10-12(7(11)13)5-3-14-4-5/h5H,1-4H2. The SMILES string of the molecule is O=c1n(C2CSC2)nc(Br)n1CCBr. The van der Waals surface area contributed by atoms with E-state index >= 15 is 0 Å². The van der Waals surface area contributed by atoms with Crippen molar-refractivity contribution in [2.45, 2.75) is 12.6 Å². The summed E-state index contributed by atoms with van der Waals surface area (Å²) < 4.78 is 3.85. The number of thioether (sulfide) groups is 1. The number of nitrogens with zero attached hydrogens (tertiary/aromatic N) is 3. The van der Waals surface area contributed by atoms with Crippen molar-refractivity contribution in [1.29, 1.82) is 0 Å². The van der Waals surface area contributed by atoms with Crippen LogP contribution in [-0.2, 0) is 6.54 Å². The zero-order valence-corrected chi connectivity index (χ0v) is 11.3. The molecular weight excluding hydrogens is 334 g/mol. The Kier molecular flexibility index (Phi) is 3.38. The van der Waals surface area contributed by atoms with Gasteiger partial charge in [-0.1, -0.05) is 15.9 Å². The van der Waals surface area contributed by atoms with Gasteiger partial charge >= 0.3 is 5.69 Å². The van der Waals surface area contributed by atoms with Crippen molar-refractivity contribution in [2.24, 2.45) is 0 Å². The van der Waals surface area contributed by atoms with E-state index in [9.17, 15) is 4.79 Å². The van der Waals surface area contributed by atoms with Crippen LogP contribution in [0.3, 0.4) is 0 Å². The summed E-state index contributed by atoms with van der Waals surface area (Å²) in [7, 11) is 0. The summed E-state index contributed by atoms with van der Waals surface area (Å²) in [5.41, 5.74) is -0.0124. The van der Waals surface area contributed by atoms with Crippen LogP contribution in [0.4, 0.5) is 0 Å². The summed E-state index contributed by atoms with van der Waals surface area (Å²) in [6.07, 6.45) is 0. The third-order valence-electron chi connectivity index (χ3n) is 2.11. The zero-order chi connectivity index (χ0) is 10.1. The summed E-state index contributed by atoms with van der Waals surface area (Å²) in [6.45, 7) is 0.652. The predicted octanol–water partition coefficient (Wildman–Crippen LogP) is 1.49. The minimum atomic E-state index is -0.0124. The van der Waals surface area contributed by atoms with Gasteiger partial charge in [-0.3, -0.25) is 4.57 Å². The summed E-state index contributed by atoms with van der Waals surface area (Å²) in [6, 6.07) is 0.292. The molecule has 78 valence electrons. The Bertz CT molecular complexity index is 385. The molecule has 1 aromatic rings. The minimum Gasteiger partial charge on any atom is -0.269 e. The van der Waals surface area contributed by atoms with Gasteiger partial charge in [-0.25, -0.2) is 9.48 Å². The summed E-state index contributed by atoms with van der Waals surface area (Å²) in [4.78, 5) is 11.8. The van der Waals surface area contributed by atoms with E-state index < -0.39 is 0 Å². The van der Waals surface area contributed by atoms with Crippen LogP contribution in [0.5, 0.6) is 0 Å². The quantitative estimate of drug-likeness (QED) is 0.781. The van der Waals surface area contributed by atoms with E-state index in [1.165, 1.54) is 0 Å². The minimum absolute atomic E-state index is 0.0124. The van der Waals surface area contributed by atoms with E-state index in [2.05, 4.69) is 37.0 Å². The molecule has 0 aromatic carbocycles. The molecule has 0 spiro atoms. The Balaban J connectivity index is 2.33. The molecule has 0 N–H and O–H groups in total. The van der Waals surface area contributed by atoms with Crippen LogP contribution in [0, 0.1) is 0 Å². The summed E-state index contributed by atoms with van der Waals surface area (Å²) >= 11 is 8.45. The average Bonchev–Trinajstić information content (AvgIpc) is 2.31. The molecule has 1 aromatic heterocycles. The van der Waals surface area contributed by atoms with Crippen molar-refractivity contribution < 1.29 is 0 Å². The largest absolute Gasteiger partial charge is 0.346 e. The normalized spacial score (nSPS) is 17.0. The van der Waals surface area contributed by atoms with E-state index in [1.54, 1.807) is 9.25 Å². The fourth-order valence-corrected chi connectivity index (χ4v) is 2.85. The van der Waals surface area contributed by atoms with Crippen molar-refractivity contribution in [3.63, 3.8) is 0 Å². The van der Waals surface area contributed by atoms with Crippen molar-refractivity contribution in [2.75, 3.05) is 16.8 Å². The van der Waals surface area contributed by atoms with Crippen LogP contribution in [-0.4, -0.2) is 31.2 Å². The molecule has 1 fully saturated rings. The first-order valence-corrected chi connectivity index (χ1v) is 7.29. The van der Waals surface area contributed by atoms with Gasteiger partial charge in [-0.15, -0.1) is 5.10 Å². The molecule has 1 aliphatic rings. The topological polar surface area (TPSA) is 39.8 Å². The molecule has 0 amide bonds. The Morgan fingerprint density at radius 1 is 1.57 bits per heavy atom. The van der Waals surface area contributed by atoms with Crippen LogP contribution in [0.1, 0.15) is 6.04 Å². The van der Waals surface area contributed by atoms with E-state index in [0.717, 1.165) is 16.8 Å². The Labute approximate surface area is 102 Å². The van der Waals surface area contributed by atoms with Crippen LogP contribution in [0.15, 0.2) is 9.53 Å². The van der Waals surface area contributed by atoms with Gasteiger partial charge in [-0.05, 0) is 15.9 Å². The number of aromatic nitrogens is 3. The lowest BCUT2D eigenvalue weighted by molar-refractivity contribution is 0.500. The van der Waals surface area contributed by atoms with Crippen molar-refractivity contribution in [3.8, 4) is 0 Å². The molecule has 7 heteroatoms. The van der Waals surface area contributed by atoms with Crippen molar-refractivity contribution >= 4 is 43.6 Å². The van der Waals surface area contributed by atoms with Crippen LogP contribution in [0.2, 0.25) is 0 Å². The Morgan fingerprint density at radius 2 is 2.29 bits per heavy atom. The molecule has 4 nitrogen and oxygen atoms in total. The zero-order valence-electron chi connectivity index (χ0n) is 7.32. The maximum atomic E-state index is 11.8. The average molecular weight is 343 g/mol. The molecule has 0 atom stereocenters. The lowest BCUT2D eigenvalue weighted by atomic mass is 10.4. The van der Waals surface area contributed by atoms with Gasteiger partial charge < -0.3 is 0 Å². The van der Waals surface area contributed by atoms with Gasteiger partial charge in [-0.2, -0.15) is 11.8 Å². The summed E-state index contributed by atoms with van der Waals surface area (Å²) in [5.74, 6) is 2.00. The number of rotatable bonds is 3. The second-order valence-electron chi connectivity index (χ2n) is 3.03. The molecular formula is C7H9Br2N3OS. The molecule has 0 saturated carbocycles. The Morgan fingerprint density at radius 3 is 2.79 bits per heavy atom. The molecule has 14 heavy (non-hydrogen) atoms. The molecule has 1 aliphatic heterocycles. The highest BCUT2D eigenvalue weighted by molar-refractivity contribution is 9.10. The fourth-order valence-electron chi connectivity index (χ4n) is 1.26. The number of alkyl halides is 1. The maximum Gasteiger partial charge on any atom is 0.346 e. The third-order valence-corrected chi connectivity index (χ3v) is 4.30. The second kappa shape index (κ2) is 4.40. The smallest absolute Gasteiger partial charge is 0.269 e.